The minimum absolute atomic E-state index is 0.107. The van der Waals surface area contributed by atoms with Gasteiger partial charge in [-0.25, -0.2) is 0 Å². The number of carbonyl (C=O) groups is 1. The van der Waals surface area contributed by atoms with Crippen LogP contribution in [0.1, 0.15) is 57.2 Å². The maximum Gasteiger partial charge on any atom is 0.292 e. The lowest BCUT2D eigenvalue weighted by Crippen LogP contribution is -2.42. The topological polar surface area (TPSA) is 48.0 Å². The average Bonchev–Trinajstić information content (AvgIpc) is 3.33. The molecule has 0 saturated carbocycles. The van der Waals surface area contributed by atoms with E-state index in [0.29, 0.717) is 26.4 Å². The number of fused-ring (bicyclic) bond motifs is 2. The van der Waals surface area contributed by atoms with Crippen molar-refractivity contribution in [3.63, 3.8) is 0 Å². The first kappa shape index (κ1) is 21.8. The zero-order chi connectivity index (χ0) is 22.1. The van der Waals surface area contributed by atoms with Crippen LogP contribution in [-0.4, -0.2) is 32.3 Å². The van der Waals surface area contributed by atoms with Crippen LogP contribution < -0.4 is 9.64 Å². The van der Waals surface area contributed by atoms with E-state index in [2.05, 4.69) is 52.0 Å². The van der Waals surface area contributed by atoms with Crippen LogP contribution in [0.5, 0.6) is 5.75 Å². The van der Waals surface area contributed by atoms with Crippen LogP contribution in [0.15, 0.2) is 42.5 Å². The van der Waals surface area contributed by atoms with Gasteiger partial charge in [0, 0.05) is 5.56 Å². The molecule has 2 heterocycles. The molecule has 166 valence electrons. The molecular weight excluding hydrogens is 390 g/mol. The van der Waals surface area contributed by atoms with Crippen molar-refractivity contribution in [2.75, 3.05) is 31.3 Å². The number of hydrogen-bond donors (Lipinski definition) is 0. The van der Waals surface area contributed by atoms with Crippen molar-refractivity contribution >= 4 is 11.6 Å². The summed E-state index contributed by atoms with van der Waals surface area (Å²) in [6.45, 7) is 10.4. The van der Waals surface area contributed by atoms with Gasteiger partial charge in [0.1, 0.15) is 12.4 Å². The summed E-state index contributed by atoms with van der Waals surface area (Å²) >= 11 is 0. The molecule has 0 bridgehead atoms. The minimum Gasteiger partial charge on any atom is -0.492 e. The zero-order valence-corrected chi connectivity index (χ0v) is 19.1. The number of rotatable bonds is 7. The molecular formula is C26H33NO4. The highest BCUT2D eigenvalue weighted by Gasteiger charge is 2.56. The maximum atomic E-state index is 13.3. The second-order valence-corrected chi connectivity index (χ2v) is 9.35. The molecule has 2 aromatic carbocycles. The summed E-state index contributed by atoms with van der Waals surface area (Å²) in [5.74, 6) is -0.636. The summed E-state index contributed by atoms with van der Waals surface area (Å²) < 4.78 is 17.7. The molecule has 2 aliphatic heterocycles. The van der Waals surface area contributed by atoms with E-state index in [9.17, 15) is 4.79 Å². The summed E-state index contributed by atoms with van der Waals surface area (Å²) in [7, 11) is 0. The van der Waals surface area contributed by atoms with Crippen molar-refractivity contribution in [3.8, 4) is 5.75 Å². The van der Waals surface area contributed by atoms with Crippen molar-refractivity contribution in [1.29, 1.82) is 0 Å². The van der Waals surface area contributed by atoms with Gasteiger partial charge >= 0.3 is 0 Å². The Labute approximate surface area is 185 Å². The standard InChI is InChI=1S/C26H33NO4/c1-5-6-7-19-8-13-23-22(18-19)26(30-16-17-31-26)24(28)27(23)14-15-29-21-11-9-20(10-12-21)25(2,3)4/h8-13,18H,5-7,14-17H2,1-4H3. The lowest BCUT2D eigenvalue weighted by molar-refractivity contribution is -0.180. The quantitative estimate of drug-likeness (QED) is 0.632. The Hall–Kier alpha value is -2.37. The number of amides is 1. The molecule has 0 atom stereocenters. The largest absolute Gasteiger partial charge is 0.492 e. The molecule has 1 spiro atoms. The summed E-state index contributed by atoms with van der Waals surface area (Å²) in [4.78, 5) is 15.1. The first-order chi connectivity index (χ1) is 14.8. The molecule has 2 aromatic rings. The van der Waals surface area contributed by atoms with Gasteiger partial charge in [0.15, 0.2) is 0 Å². The highest BCUT2D eigenvalue weighted by Crippen LogP contribution is 2.46. The third kappa shape index (κ3) is 4.21. The number of benzene rings is 2. The van der Waals surface area contributed by atoms with Crippen LogP contribution in [0.3, 0.4) is 0 Å². The molecule has 0 N–H and O–H groups in total. The predicted molar refractivity (Wildman–Crippen MR) is 122 cm³/mol. The van der Waals surface area contributed by atoms with E-state index in [1.165, 1.54) is 11.1 Å². The number of nitrogens with zero attached hydrogens (tertiary/aromatic N) is 1. The van der Waals surface area contributed by atoms with Crippen LogP contribution in [0, 0.1) is 0 Å². The molecule has 0 unspecified atom stereocenters. The van der Waals surface area contributed by atoms with Crippen LogP contribution in [-0.2, 0) is 31.9 Å². The predicted octanol–water partition coefficient (Wildman–Crippen LogP) is 4.95. The highest BCUT2D eigenvalue weighted by atomic mass is 16.7. The van der Waals surface area contributed by atoms with E-state index in [1.54, 1.807) is 4.90 Å². The number of ether oxygens (including phenoxy) is 3. The summed E-state index contributed by atoms with van der Waals surface area (Å²) in [5, 5.41) is 0. The third-order valence-electron chi connectivity index (χ3n) is 6.05. The van der Waals surface area contributed by atoms with E-state index < -0.39 is 5.79 Å². The molecule has 1 amide bonds. The van der Waals surface area contributed by atoms with Crippen LogP contribution >= 0.6 is 0 Å². The fourth-order valence-corrected chi connectivity index (χ4v) is 4.24. The van der Waals surface area contributed by atoms with Gasteiger partial charge in [-0.15, -0.1) is 0 Å². The van der Waals surface area contributed by atoms with Gasteiger partial charge in [-0.1, -0.05) is 52.3 Å². The van der Waals surface area contributed by atoms with Gasteiger partial charge in [0.2, 0.25) is 0 Å². The Bertz CT molecular complexity index is 923. The number of carbonyl (C=O) groups excluding carboxylic acids is 1. The molecule has 5 heteroatoms. The van der Waals surface area contributed by atoms with Gasteiger partial charge in [-0.05, 0) is 53.6 Å². The Morgan fingerprint density at radius 3 is 2.42 bits per heavy atom. The van der Waals surface area contributed by atoms with Crippen LogP contribution in [0.25, 0.3) is 0 Å². The second-order valence-electron chi connectivity index (χ2n) is 9.35. The number of anilines is 1. The van der Waals surface area contributed by atoms with E-state index >= 15 is 0 Å². The first-order valence-corrected chi connectivity index (χ1v) is 11.3. The van der Waals surface area contributed by atoms with Gasteiger partial charge in [0.25, 0.3) is 11.7 Å². The monoisotopic (exact) mass is 423 g/mol. The Morgan fingerprint density at radius 2 is 1.77 bits per heavy atom. The summed E-state index contributed by atoms with van der Waals surface area (Å²) in [6.07, 6.45) is 3.24. The fourth-order valence-electron chi connectivity index (χ4n) is 4.24. The van der Waals surface area contributed by atoms with Crippen LogP contribution in [0.2, 0.25) is 0 Å². The van der Waals surface area contributed by atoms with E-state index in [1.807, 2.05) is 18.2 Å². The minimum atomic E-state index is -1.29. The molecule has 0 aromatic heterocycles. The van der Waals surface area contributed by atoms with Crippen LogP contribution in [0.4, 0.5) is 5.69 Å². The molecule has 1 fully saturated rings. The lowest BCUT2D eigenvalue weighted by atomic mass is 9.87. The van der Waals surface area contributed by atoms with Gasteiger partial charge in [-0.3, -0.25) is 4.79 Å². The van der Waals surface area contributed by atoms with E-state index in [0.717, 1.165) is 36.3 Å². The SMILES string of the molecule is CCCCc1ccc2c(c1)C1(OCCO1)C(=O)N2CCOc1ccc(C(C)(C)C)cc1. The maximum absolute atomic E-state index is 13.3. The smallest absolute Gasteiger partial charge is 0.292 e. The van der Waals surface area contributed by atoms with E-state index in [4.69, 9.17) is 14.2 Å². The Morgan fingerprint density at radius 1 is 1.06 bits per heavy atom. The molecule has 0 radical (unpaired) electrons. The molecule has 5 nitrogen and oxygen atoms in total. The number of hydrogen-bond acceptors (Lipinski definition) is 4. The average molecular weight is 424 g/mol. The third-order valence-corrected chi connectivity index (χ3v) is 6.05. The van der Waals surface area contributed by atoms with Gasteiger partial charge < -0.3 is 19.1 Å². The Balaban J connectivity index is 1.48. The van der Waals surface area contributed by atoms with Crippen molar-refractivity contribution in [1.82, 2.24) is 0 Å². The van der Waals surface area contributed by atoms with E-state index in [-0.39, 0.29) is 11.3 Å². The van der Waals surface area contributed by atoms with Crippen molar-refractivity contribution in [3.05, 3.63) is 59.2 Å². The number of unbranched alkanes of at least 4 members (excludes halogenated alkanes) is 1. The van der Waals surface area contributed by atoms with Gasteiger partial charge in [-0.2, -0.15) is 0 Å². The van der Waals surface area contributed by atoms with Crippen molar-refractivity contribution in [2.24, 2.45) is 0 Å². The Kier molecular flexibility index (Phi) is 6.09. The molecule has 2 aliphatic rings. The first-order valence-electron chi connectivity index (χ1n) is 11.3. The highest BCUT2D eigenvalue weighted by molar-refractivity contribution is 6.06. The van der Waals surface area contributed by atoms with Crippen molar-refractivity contribution in [2.45, 2.75) is 58.2 Å². The number of aryl methyl sites for hydroxylation is 1. The normalized spacial score (nSPS) is 17.4. The second kappa shape index (κ2) is 8.64. The molecule has 0 aliphatic carbocycles. The zero-order valence-electron chi connectivity index (χ0n) is 19.1. The summed E-state index contributed by atoms with van der Waals surface area (Å²) in [5.41, 5.74) is 4.27. The molecule has 1 saturated heterocycles. The lowest BCUT2D eigenvalue weighted by Gasteiger charge is -2.22. The van der Waals surface area contributed by atoms with Crippen molar-refractivity contribution < 1.29 is 19.0 Å². The van der Waals surface area contributed by atoms with Gasteiger partial charge in [0.05, 0.1) is 25.4 Å². The fraction of sp³-hybridized carbons (Fsp3) is 0.500. The molecule has 31 heavy (non-hydrogen) atoms. The summed E-state index contributed by atoms with van der Waals surface area (Å²) in [6, 6.07) is 14.4. The molecule has 4 rings (SSSR count).